The Morgan fingerprint density at radius 1 is 1.15 bits per heavy atom. The monoisotopic (exact) mass is 413 g/mol. The zero-order chi connectivity index (χ0) is 18.5. The van der Waals surface area contributed by atoms with E-state index in [1.54, 1.807) is 0 Å². The molecule has 1 aromatic heterocycles. The van der Waals surface area contributed by atoms with E-state index in [9.17, 15) is 4.79 Å². The lowest BCUT2D eigenvalue weighted by molar-refractivity contribution is -0.122. The summed E-state index contributed by atoms with van der Waals surface area (Å²) in [6.45, 7) is 4.08. The minimum atomic E-state index is -0.161. The van der Waals surface area contributed by atoms with Crippen LogP contribution in [0.25, 0.3) is 11.4 Å². The number of aryl methyl sites for hydroxylation is 1. The molecule has 0 fully saturated rings. The third-order valence-electron chi connectivity index (χ3n) is 4.11. The standard InChI is InChI=1S/C19H20BrN5O/c1-3-14-4-6-16(7-5-14)19-22-24-25(23-19)12-18(26)21-13(2)15-8-10-17(20)11-9-15/h4-11,13H,3,12H2,1-2H3,(H,21,26)/t13-/m0/s1. The first-order chi connectivity index (χ1) is 12.5. The van der Waals surface area contributed by atoms with Crippen LogP contribution in [-0.2, 0) is 17.8 Å². The number of carbonyl (C=O) groups is 1. The second-order valence-corrected chi connectivity index (χ2v) is 6.95. The van der Waals surface area contributed by atoms with Crippen molar-refractivity contribution in [2.45, 2.75) is 32.9 Å². The van der Waals surface area contributed by atoms with Crippen molar-refractivity contribution in [3.8, 4) is 11.4 Å². The number of carbonyl (C=O) groups excluding carboxylic acids is 1. The van der Waals surface area contributed by atoms with Crippen LogP contribution in [0, 0.1) is 0 Å². The number of amides is 1. The number of tetrazole rings is 1. The molecule has 6 nitrogen and oxygen atoms in total. The lowest BCUT2D eigenvalue weighted by atomic mass is 10.1. The smallest absolute Gasteiger partial charge is 0.244 e. The van der Waals surface area contributed by atoms with Crippen LogP contribution in [0.15, 0.2) is 53.0 Å². The molecule has 0 radical (unpaired) electrons. The number of nitrogens with zero attached hydrogens (tertiary/aromatic N) is 4. The van der Waals surface area contributed by atoms with Crippen molar-refractivity contribution in [3.05, 3.63) is 64.1 Å². The molecule has 1 heterocycles. The Balaban J connectivity index is 1.61. The van der Waals surface area contributed by atoms with E-state index < -0.39 is 0 Å². The summed E-state index contributed by atoms with van der Waals surface area (Å²) in [7, 11) is 0. The lowest BCUT2D eigenvalue weighted by Crippen LogP contribution is -2.30. The van der Waals surface area contributed by atoms with Gasteiger partial charge in [-0.3, -0.25) is 4.79 Å². The molecule has 3 rings (SSSR count). The Kier molecular flexibility index (Phi) is 5.78. The van der Waals surface area contributed by atoms with Crippen molar-refractivity contribution in [2.24, 2.45) is 0 Å². The van der Waals surface area contributed by atoms with E-state index in [0.29, 0.717) is 5.82 Å². The van der Waals surface area contributed by atoms with E-state index in [1.165, 1.54) is 10.4 Å². The summed E-state index contributed by atoms with van der Waals surface area (Å²) in [5.41, 5.74) is 3.17. The number of aromatic nitrogens is 4. The van der Waals surface area contributed by atoms with E-state index in [4.69, 9.17) is 0 Å². The summed E-state index contributed by atoms with van der Waals surface area (Å²) in [6.07, 6.45) is 0.983. The van der Waals surface area contributed by atoms with Crippen molar-refractivity contribution in [1.82, 2.24) is 25.5 Å². The summed E-state index contributed by atoms with van der Waals surface area (Å²) < 4.78 is 1.01. The van der Waals surface area contributed by atoms with Gasteiger partial charge in [0.15, 0.2) is 0 Å². The average Bonchev–Trinajstić information content (AvgIpc) is 3.10. The van der Waals surface area contributed by atoms with Gasteiger partial charge < -0.3 is 5.32 Å². The van der Waals surface area contributed by atoms with E-state index in [2.05, 4.69) is 43.6 Å². The molecule has 0 saturated carbocycles. The normalized spacial score (nSPS) is 12.0. The van der Waals surface area contributed by atoms with Crippen molar-refractivity contribution >= 4 is 21.8 Å². The van der Waals surface area contributed by atoms with Gasteiger partial charge in [0.2, 0.25) is 11.7 Å². The number of benzene rings is 2. The maximum Gasteiger partial charge on any atom is 0.244 e. The highest BCUT2D eigenvalue weighted by atomic mass is 79.9. The molecular weight excluding hydrogens is 394 g/mol. The van der Waals surface area contributed by atoms with E-state index in [0.717, 1.165) is 22.0 Å². The number of halogens is 1. The van der Waals surface area contributed by atoms with Crippen LogP contribution < -0.4 is 5.32 Å². The molecule has 7 heteroatoms. The van der Waals surface area contributed by atoms with Crippen LogP contribution >= 0.6 is 15.9 Å². The lowest BCUT2D eigenvalue weighted by Gasteiger charge is -2.14. The molecule has 3 aromatic rings. The van der Waals surface area contributed by atoms with Crippen LogP contribution in [0.1, 0.15) is 31.0 Å². The van der Waals surface area contributed by atoms with Gasteiger partial charge in [-0.15, -0.1) is 10.2 Å². The molecule has 134 valence electrons. The average molecular weight is 414 g/mol. The van der Waals surface area contributed by atoms with Crippen molar-refractivity contribution in [1.29, 1.82) is 0 Å². The number of rotatable bonds is 6. The molecule has 0 aliphatic rings. The molecule has 0 saturated heterocycles. The van der Waals surface area contributed by atoms with Crippen LogP contribution in [0.5, 0.6) is 0 Å². The topological polar surface area (TPSA) is 72.7 Å². The van der Waals surface area contributed by atoms with Gasteiger partial charge in [-0.25, -0.2) is 0 Å². The predicted octanol–water partition coefficient (Wildman–Crippen LogP) is 3.54. The largest absolute Gasteiger partial charge is 0.348 e. The Bertz CT molecular complexity index is 874. The summed E-state index contributed by atoms with van der Waals surface area (Å²) in [6, 6.07) is 15.8. The van der Waals surface area contributed by atoms with Crippen molar-refractivity contribution in [2.75, 3.05) is 0 Å². The van der Waals surface area contributed by atoms with Gasteiger partial charge in [0, 0.05) is 10.0 Å². The Hall–Kier alpha value is -2.54. The third kappa shape index (κ3) is 4.54. The van der Waals surface area contributed by atoms with Gasteiger partial charge in [-0.2, -0.15) is 4.80 Å². The van der Waals surface area contributed by atoms with Crippen molar-refractivity contribution in [3.63, 3.8) is 0 Å². The Labute approximate surface area is 160 Å². The maximum atomic E-state index is 12.2. The van der Waals surface area contributed by atoms with E-state index >= 15 is 0 Å². The summed E-state index contributed by atoms with van der Waals surface area (Å²) >= 11 is 3.40. The van der Waals surface area contributed by atoms with Crippen LogP contribution in [0.2, 0.25) is 0 Å². The maximum absolute atomic E-state index is 12.2. The summed E-state index contributed by atoms with van der Waals surface area (Å²) in [5, 5.41) is 15.3. The quantitative estimate of drug-likeness (QED) is 0.670. The highest BCUT2D eigenvalue weighted by Gasteiger charge is 2.12. The molecular formula is C19H20BrN5O. The van der Waals surface area contributed by atoms with E-state index in [1.807, 2.05) is 55.5 Å². The molecule has 0 aliphatic carbocycles. The first-order valence-corrected chi connectivity index (χ1v) is 9.26. The van der Waals surface area contributed by atoms with Gasteiger partial charge in [-0.05, 0) is 41.8 Å². The molecule has 1 N–H and O–H groups in total. The minimum Gasteiger partial charge on any atom is -0.348 e. The SMILES string of the molecule is CCc1ccc(-c2nnn(CC(=O)N[C@@H](C)c3ccc(Br)cc3)n2)cc1. The fourth-order valence-electron chi connectivity index (χ4n) is 2.57. The van der Waals surface area contributed by atoms with Crippen molar-refractivity contribution < 1.29 is 4.79 Å². The fraction of sp³-hybridized carbons (Fsp3) is 0.263. The fourth-order valence-corrected chi connectivity index (χ4v) is 2.83. The van der Waals surface area contributed by atoms with Gasteiger partial charge in [0.1, 0.15) is 6.54 Å². The van der Waals surface area contributed by atoms with Gasteiger partial charge >= 0.3 is 0 Å². The zero-order valence-electron chi connectivity index (χ0n) is 14.7. The molecule has 0 aliphatic heterocycles. The molecule has 1 amide bonds. The van der Waals surface area contributed by atoms with Gasteiger partial charge in [0.25, 0.3) is 0 Å². The van der Waals surface area contributed by atoms with Crippen LogP contribution in [-0.4, -0.2) is 26.1 Å². The highest BCUT2D eigenvalue weighted by molar-refractivity contribution is 9.10. The minimum absolute atomic E-state index is 0.0287. The summed E-state index contributed by atoms with van der Waals surface area (Å²) in [5.74, 6) is 0.354. The molecule has 0 unspecified atom stereocenters. The van der Waals surface area contributed by atoms with E-state index in [-0.39, 0.29) is 18.5 Å². The van der Waals surface area contributed by atoms with Gasteiger partial charge in [-0.1, -0.05) is 59.3 Å². The first-order valence-electron chi connectivity index (χ1n) is 8.47. The predicted molar refractivity (Wildman–Crippen MR) is 103 cm³/mol. The highest BCUT2D eigenvalue weighted by Crippen LogP contribution is 2.17. The summed E-state index contributed by atoms with van der Waals surface area (Å²) in [4.78, 5) is 13.6. The molecule has 0 bridgehead atoms. The second kappa shape index (κ2) is 8.23. The second-order valence-electron chi connectivity index (χ2n) is 6.03. The Morgan fingerprint density at radius 3 is 2.50 bits per heavy atom. The first kappa shape index (κ1) is 18.3. The number of nitrogens with one attached hydrogen (secondary N) is 1. The third-order valence-corrected chi connectivity index (χ3v) is 4.63. The molecule has 26 heavy (non-hydrogen) atoms. The molecule has 1 atom stereocenters. The number of hydrogen-bond acceptors (Lipinski definition) is 4. The van der Waals surface area contributed by atoms with Crippen LogP contribution in [0.4, 0.5) is 0 Å². The molecule has 2 aromatic carbocycles. The zero-order valence-corrected chi connectivity index (χ0v) is 16.3. The number of hydrogen-bond donors (Lipinski definition) is 1. The van der Waals surface area contributed by atoms with Crippen LogP contribution in [0.3, 0.4) is 0 Å². The van der Waals surface area contributed by atoms with Gasteiger partial charge in [0.05, 0.1) is 6.04 Å². The Morgan fingerprint density at radius 2 is 1.85 bits per heavy atom. The molecule has 0 spiro atoms.